The third-order valence-electron chi connectivity index (χ3n) is 4.09. The lowest BCUT2D eigenvalue weighted by atomic mass is 9.97. The van der Waals surface area contributed by atoms with E-state index in [2.05, 4.69) is 31.0 Å². The van der Waals surface area contributed by atoms with E-state index in [9.17, 15) is 18.0 Å². The molecule has 1 fully saturated rings. The standard InChI is InChI=1S/C15H15BrF3N5O/c16-11-7-20-14(21-8-11)23-5-3-10(4-6-23)9-24-13(25)2-1-12(22-24)15(17,18)19/h1-2,7-8,10H,3-6,9H2. The highest BCUT2D eigenvalue weighted by Crippen LogP contribution is 2.27. The molecule has 10 heteroatoms. The molecule has 0 radical (unpaired) electrons. The maximum atomic E-state index is 12.7. The molecule has 0 spiro atoms. The van der Waals surface area contributed by atoms with Crippen LogP contribution < -0.4 is 10.5 Å². The Bertz CT molecular complexity index is 785. The van der Waals surface area contributed by atoms with Gasteiger partial charge < -0.3 is 4.90 Å². The minimum atomic E-state index is -4.56. The predicted molar refractivity (Wildman–Crippen MR) is 88.2 cm³/mol. The number of piperidine rings is 1. The van der Waals surface area contributed by atoms with Crippen molar-refractivity contribution in [2.45, 2.75) is 25.6 Å². The first-order chi connectivity index (χ1) is 11.8. The van der Waals surface area contributed by atoms with Crippen molar-refractivity contribution < 1.29 is 13.2 Å². The van der Waals surface area contributed by atoms with Gasteiger partial charge in [0.05, 0.1) is 4.47 Å². The first kappa shape index (κ1) is 17.8. The molecule has 25 heavy (non-hydrogen) atoms. The zero-order valence-corrected chi connectivity index (χ0v) is 14.7. The Kier molecular flexibility index (Phi) is 5.07. The van der Waals surface area contributed by atoms with Gasteiger partial charge in [0.1, 0.15) is 0 Å². The summed E-state index contributed by atoms with van der Waals surface area (Å²) in [4.78, 5) is 22.3. The number of alkyl halides is 3. The van der Waals surface area contributed by atoms with E-state index in [0.717, 1.165) is 28.1 Å². The third-order valence-corrected chi connectivity index (χ3v) is 4.50. The molecule has 0 unspecified atom stereocenters. The van der Waals surface area contributed by atoms with E-state index in [1.165, 1.54) is 0 Å². The van der Waals surface area contributed by atoms with Crippen molar-refractivity contribution >= 4 is 21.9 Å². The number of rotatable bonds is 3. The monoisotopic (exact) mass is 417 g/mol. The molecular formula is C15H15BrF3N5O. The molecule has 0 bridgehead atoms. The van der Waals surface area contributed by atoms with Crippen LogP contribution >= 0.6 is 15.9 Å². The number of halogens is 4. The molecule has 3 rings (SSSR count). The van der Waals surface area contributed by atoms with Crippen LogP contribution in [0, 0.1) is 5.92 Å². The van der Waals surface area contributed by atoms with Gasteiger partial charge in [-0.2, -0.15) is 18.3 Å². The van der Waals surface area contributed by atoms with Gasteiger partial charge in [0, 0.05) is 38.1 Å². The average Bonchev–Trinajstić information content (AvgIpc) is 2.57. The predicted octanol–water partition coefficient (Wildman–Crippen LogP) is 2.73. The molecule has 1 saturated heterocycles. The summed E-state index contributed by atoms with van der Waals surface area (Å²) in [5.41, 5.74) is -1.57. The quantitative estimate of drug-likeness (QED) is 0.767. The number of hydrogen-bond donors (Lipinski definition) is 0. The Hall–Kier alpha value is -1.97. The van der Waals surface area contributed by atoms with Crippen molar-refractivity contribution in [2.75, 3.05) is 18.0 Å². The fourth-order valence-electron chi connectivity index (χ4n) is 2.76. The number of hydrogen-bond acceptors (Lipinski definition) is 5. The lowest BCUT2D eigenvalue weighted by Crippen LogP contribution is -2.38. The molecule has 2 aromatic heterocycles. The fraction of sp³-hybridized carbons (Fsp3) is 0.467. The Labute approximate surface area is 149 Å². The maximum absolute atomic E-state index is 12.7. The topological polar surface area (TPSA) is 63.9 Å². The molecule has 0 N–H and O–H groups in total. The van der Waals surface area contributed by atoms with Crippen LogP contribution in [0.25, 0.3) is 0 Å². The van der Waals surface area contributed by atoms with Crippen molar-refractivity contribution in [3.05, 3.63) is 45.0 Å². The van der Waals surface area contributed by atoms with Crippen molar-refractivity contribution in [3.8, 4) is 0 Å². The lowest BCUT2D eigenvalue weighted by molar-refractivity contribution is -0.142. The lowest BCUT2D eigenvalue weighted by Gasteiger charge is -2.31. The Morgan fingerprint density at radius 3 is 2.40 bits per heavy atom. The van der Waals surface area contributed by atoms with Crippen molar-refractivity contribution in [1.29, 1.82) is 0 Å². The van der Waals surface area contributed by atoms with Crippen LogP contribution in [0.4, 0.5) is 19.1 Å². The highest BCUT2D eigenvalue weighted by atomic mass is 79.9. The highest BCUT2D eigenvalue weighted by molar-refractivity contribution is 9.10. The minimum Gasteiger partial charge on any atom is -0.341 e. The summed E-state index contributed by atoms with van der Waals surface area (Å²) in [6, 6.07) is 1.63. The van der Waals surface area contributed by atoms with Gasteiger partial charge in [-0.25, -0.2) is 14.6 Å². The van der Waals surface area contributed by atoms with Crippen molar-refractivity contribution in [3.63, 3.8) is 0 Å². The maximum Gasteiger partial charge on any atom is 0.435 e. The van der Waals surface area contributed by atoms with Crippen LogP contribution in [0.3, 0.4) is 0 Å². The van der Waals surface area contributed by atoms with Gasteiger partial charge in [-0.1, -0.05) is 0 Å². The van der Waals surface area contributed by atoms with Gasteiger partial charge in [0.15, 0.2) is 5.69 Å². The van der Waals surface area contributed by atoms with E-state index >= 15 is 0 Å². The summed E-state index contributed by atoms with van der Waals surface area (Å²) in [5.74, 6) is 0.705. The largest absolute Gasteiger partial charge is 0.435 e. The minimum absolute atomic E-state index is 0.0837. The summed E-state index contributed by atoms with van der Waals surface area (Å²) < 4.78 is 39.9. The third kappa shape index (κ3) is 4.36. The fourth-order valence-corrected chi connectivity index (χ4v) is 2.96. The SMILES string of the molecule is O=c1ccc(C(F)(F)F)nn1CC1CCN(c2ncc(Br)cn2)CC1. The van der Waals surface area contributed by atoms with Crippen LogP contribution in [0.5, 0.6) is 0 Å². The molecule has 2 aromatic rings. The molecule has 0 atom stereocenters. The van der Waals surface area contributed by atoms with Gasteiger partial charge in [0.2, 0.25) is 5.95 Å². The van der Waals surface area contributed by atoms with E-state index in [0.29, 0.717) is 25.1 Å². The van der Waals surface area contributed by atoms with Gasteiger partial charge in [-0.3, -0.25) is 4.79 Å². The highest BCUT2D eigenvalue weighted by Gasteiger charge is 2.33. The van der Waals surface area contributed by atoms with Crippen LogP contribution in [-0.2, 0) is 12.7 Å². The Morgan fingerprint density at radius 2 is 1.80 bits per heavy atom. The van der Waals surface area contributed by atoms with Crippen LogP contribution in [0.1, 0.15) is 18.5 Å². The summed E-state index contributed by atoms with van der Waals surface area (Å²) in [6.45, 7) is 1.54. The van der Waals surface area contributed by atoms with E-state index < -0.39 is 17.4 Å². The number of anilines is 1. The number of aromatic nitrogens is 4. The molecule has 134 valence electrons. The van der Waals surface area contributed by atoms with Gasteiger partial charge in [-0.05, 0) is 40.8 Å². The molecule has 1 aliphatic rings. The molecular weight excluding hydrogens is 403 g/mol. The second-order valence-corrected chi connectivity index (χ2v) is 6.78. The first-order valence-corrected chi connectivity index (χ1v) is 8.50. The average molecular weight is 418 g/mol. The second-order valence-electron chi connectivity index (χ2n) is 5.87. The smallest absolute Gasteiger partial charge is 0.341 e. The molecule has 3 heterocycles. The zero-order valence-electron chi connectivity index (χ0n) is 13.1. The number of nitrogens with zero attached hydrogens (tertiary/aromatic N) is 5. The second kappa shape index (κ2) is 7.11. The Balaban J connectivity index is 1.64. The molecule has 0 saturated carbocycles. The Morgan fingerprint density at radius 1 is 1.16 bits per heavy atom. The van der Waals surface area contributed by atoms with Crippen molar-refractivity contribution in [2.24, 2.45) is 5.92 Å². The van der Waals surface area contributed by atoms with Gasteiger partial charge >= 0.3 is 6.18 Å². The van der Waals surface area contributed by atoms with Crippen LogP contribution in [-0.4, -0.2) is 32.8 Å². The molecule has 6 nitrogen and oxygen atoms in total. The molecule has 0 aliphatic carbocycles. The molecule has 0 amide bonds. The van der Waals surface area contributed by atoms with E-state index in [1.54, 1.807) is 12.4 Å². The first-order valence-electron chi connectivity index (χ1n) is 7.71. The van der Waals surface area contributed by atoms with Crippen LogP contribution in [0.2, 0.25) is 0 Å². The summed E-state index contributed by atoms with van der Waals surface area (Å²) in [7, 11) is 0. The molecule has 0 aromatic carbocycles. The van der Waals surface area contributed by atoms with Crippen LogP contribution in [0.15, 0.2) is 33.8 Å². The van der Waals surface area contributed by atoms with E-state index in [4.69, 9.17) is 0 Å². The van der Waals surface area contributed by atoms with E-state index in [-0.39, 0.29) is 12.5 Å². The zero-order chi connectivity index (χ0) is 18.0. The van der Waals surface area contributed by atoms with E-state index in [1.807, 2.05) is 4.90 Å². The van der Waals surface area contributed by atoms with Gasteiger partial charge in [0.25, 0.3) is 5.56 Å². The molecule has 1 aliphatic heterocycles. The summed E-state index contributed by atoms with van der Waals surface area (Å²) >= 11 is 3.28. The van der Waals surface area contributed by atoms with Crippen molar-refractivity contribution in [1.82, 2.24) is 19.7 Å². The summed E-state index contributed by atoms with van der Waals surface area (Å²) in [6.07, 6.45) is 0.229. The normalized spacial score (nSPS) is 16.2. The summed E-state index contributed by atoms with van der Waals surface area (Å²) in [5, 5.41) is 3.46. The van der Waals surface area contributed by atoms with Gasteiger partial charge in [-0.15, -0.1) is 0 Å².